The highest BCUT2D eigenvalue weighted by atomic mass is 35.5. The normalized spacial score (nSPS) is 14.2. The van der Waals surface area contributed by atoms with E-state index in [-0.39, 0.29) is 5.78 Å². The van der Waals surface area contributed by atoms with Crippen molar-refractivity contribution in [3.63, 3.8) is 0 Å². The molecule has 102 valence electrons. The third kappa shape index (κ3) is 2.77. The van der Waals surface area contributed by atoms with Gasteiger partial charge in [0.15, 0.2) is 5.78 Å². The molecule has 2 aromatic rings. The van der Waals surface area contributed by atoms with E-state index in [1.807, 2.05) is 12.1 Å². The van der Waals surface area contributed by atoms with Crippen molar-refractivity contribution in [3.8, 4) is 0 Å². The fourth-order valence-corrected chi connectivity index (χ4v) is 2.88. The van der Waals surface area contributed by atoms with Gasteiger partial charge in [-0.1, -0.05) is 48.0 Å². The maximum Gasteiger partial charge on any atom is 0.165 e. The summed E-state index contributed by atoms with van der Waals surface area (Å²) in [6, 6.07) is 15.7. The highest BCUT2D eigenvalue weighted by Crippen LogP contribution is 2.23. The van der Waals surface area contributed by atoms with Crippen molar-refractivity contribution in [2.75, 3.05) is 6.54 Å². The molecule has 0 spiro atoms. The van der Waals surface area contributed by atoms with E-state index in [0.29, 0.717) is 17.0 Å². The van der Waals surface area contributed by atoms with Crippen molar-refractivity contribution in [2.45, 2.75) is 19.5 Å². The SMILES string of the molecule is O=C(CCN1Cc2ccccc2C1)c1ccccc1Cl. The predicted molar refractivity (Wildman–Crippen MR) is 81.0 cm³/mol. The number of carbonyl (C=O) groups is 1. The molecule has 0 radical (unpaired) electrons. The van der Waals surface area contributed by atoms with Crippen LogP contribution in [-0.2, 0) is 13.1 Å². The van der Waals surface area contributed by atoms with Crippen molar-refractivity contribution >= 4 is 17.4 Å². The van der Waals surface area contributed by atoms with Gasteiger partial charge in [0.1, 0.15) is 0 Å². The van der Waals surface area contributed by atoms with Crippen LogP contribution in [0.5, 0.6) is 0 Å². The van der Waals surface area contributed by atoms with Gasteiger partial charge in [0.05, 0.1) is 5.02 Å². The van der Waals surface area contributed by atoms with E-state index in [1.54, 1.807) is 12.1 Å². The Labute approximate surface area is 124 Å². The molecule has 0 aliphatic carbocycles. The number of halogens is 1. The summed E-state index contributed by atoms with van der Waals surface area (Å²) in [5.41, 5.74) is 3.38. The molecule has 2 nitrogen and oxygen atoms in total. The molecule has 1 aliphatic heterocycles. The standard InChI is InChI=1S/C17H16ClNO/c18-16-8-4-3-7-15(16)17(20)9-10-19-11-13-5-1-2-6-14(13)12-19/h1-8H,9-12H2. The van der Waals surface area contributed by atoms with Crippen LogP contribution < -0.4 is 0 Å². The third-order valence-corrected chi connectivity index (χ3v) is 4.07. The van der Waals surface area contributed by atoms with Crippen LogP contribution in [0.3, 0.4) is 0 Å². The van der Waals surface area contributed by atoms with E-state index in [2.05, 4.69) is 29.2 Å². The number of carbonyl (C=O) groups excluding carboxylic acids is 1. The van der Waals surface area contributed by atoms with Crippen LogP contribution in [0, 0.1) is 0 Å². The molecule has 0 amide bonds. The van der Waals surface area contributed by atoms with Crippen LogP contribution in [0.2, 0.25) is 5.02 Å². The molecule has 20 heavy (non-hydrogen) atoms. The van der Waals surface area contributed by atoms with Crippen molar-refractivity contribution in [1.82, 2.24) is 4.90 Å². The van der Waals surface area contributed by atoms with Crippen LogP contribution in [0.25, 0.3) is 0 Å². The zero-order valence-electron chi connectivity index (χ0n) is 11.2. The van der Waals surface area contributed by atoms with Gasteiger partial charge in [0.25, 0.3) is 0 Å². The predicted octanol–water partition coefficient (Wildman–Crippen LogP) is 3.93. The van der Waals surface area contributed by atoms with Gasteiger partial charge < -0.3 is 0 Å². The summed E-state index contributed by atoms with van der Waals surface area (Å²) in [7, 11) is 0. The Hall–Kier alpha value is -1.64. The van der Waals surface area contributed by atoms with Gasteiger partial charge in [0.2, 0.25) is 0 Å². The monoisotopic (exact) mass is 285 g/mol. The minimum atomic E-state index is 0.117. The van der Waals surface area contributed by atoms with Gasteiger partial charge >= 0.3 is 0 Å². The molecule has 1 aliphatic rings. The third-order valence-electron chi connectivity index (χ3n) is 3.74. The summed E-state index contributed by atoms with van der Waals surface area (Å²) < 4.78 is 0. The number of benzene rings is 2. The first kappa shape index (κ1) is 13.3. The van der Waals surface area contributed by atoms with E-state index in [4.69, 9.17) is 11.6 Å². The Kier molecular flexibility index (Phi) is 3.86. The van der Waals surface area contributed by atoms with Crippen molar-refractivity contribution in [2.24, 2.45) is 0 Å². The van der Waals surface area contributed by atoms with Crippen LogP contribution in [0.4, 0.5) is 0 Å². The lowest BCUT2D eigenvalue weighted by atomic mass is 10.1. The van der Waals surface area contributed by atoms with Gasteiger partial charge in [-0.2, -0.15) is 0 Å². The molecule has 3 rings (SSSR count). The van der Waals surface area contributed by atoms with Gasteiger partial charge in [-0.05, 0) is 23.3 Å². The maximum atomic E-state index is 12.2. The number of Topliss-reactive ketones (excluding diaryl/α,β-unsaturated/α-hetero) is 1. The minimum Gasteiger partial charge on any atom is -0.294 e. The molecule has 0 atom stereocenters. The number of fused-ring (bicyclic) bond motifs is 1. The highest BCUT2D eigenvalue weighted by molar-refractivity contribution is 6.33. The van der Waals surface area contributed by atoms with E-state index in [9.17, 15) is 4.79 Å². The summed E-state index contributed by atoms with van der Waals surface area (Å²) in [6.45, 7) is 2.65. The second-order valence-electron chi connectivity index (χ2n) is 5.13. The summed E-state index contributed by atoms with van der Waals surface area (Å²) in [5, 5.41) is 0.544. The summed E-state index contributed by atoms with van der Waals surface area (Å²) in [6.07, 6.45) is 0.512. The second kappa shape index (κ2) is 5.78. The highest BCUT2D eigenvalue weighted by Gasteiger charge is 2.19. The molecule has 0 bridgehead atoms. The fourth-order valence-electron chi connectivity index (χ4n) is 2.64. The molecule has 0 saturated heterocycles. The average Bonchev–Trinajstić information content (AvgIpc) is 2.88. The number of ketones is 1. The largest absolute Gasteiger partial charge is 0.294 e. The molecule has 0 N–H and O–H groups in total. The summed E-state index contributed by atoms with van der Waals surface area (Å²) in [5.74, 6) is 0.117. The van der Waals surface area contributed by atoms with Crippen LogP contribution in [0.15, 0.2) is 48.5 Å². The van der Waals surface area contributed by atoms with Gasteiger partial charge in [-0.3, -0.25) is 9.69 Å². The first-order chi connectivity index (χ1) is 9.74. The van der Waals surface area contributed by atoms with Crippen molar-refractivity contribution in [3.05, 3.63) is 70.2 Å². The molecule has 0 saturated carbocycles. The maximum absolute atomic E-state index is 12.2. The first-order valence-electron chi connectivity index (χ1n) is 6.81. The van der Waals surface area contributed by atoms with E-state index in [1.165, 1.54) is 11.1 Å². The first-order valence-corrected chi connectivity index (χ1v) is 7.19. The molecule has 0 unspecified atom stereocenters. The second-order valence-corrected chi connectivity index (χ2v) is 5.54. The van der Waals surface area contributed by atoms with Crippen LogP contribution in [-0.4, -0.2) is 17.2 Å². The molecular formula is C17H16ClNO. The topological polar surface area (TPSA) is 20.3 Å². The minimum absolute atomic E-state index is 0.117. The summed E-state index contributed by atoms with van der Waals surface area (Å²) in [4.78, 5) is 14.5. The molecule has 0 aromatic heterocycles. The number of hydrogen-bond acceptors (Lipinski definition) is 2. The Morgan fingerprint density at radius 2 is 1.60 bits per heavy atom. The van der Waals surface area contributed by atoms with E-state index in [0.717, 1.165) is 19.6 Å². The van der Waals surface area contributed by atoms with Gasteiger partial charge in [0, 0.05) is 31.6 Å². The molecular weight excluding hydrogens is 270 g/mol. The van der Waals surface area contributed by atoms with Gasteiger partial charge in [-0.15, -0.1) is 0 Å². The zero-order valence-corrected chi connectivity index (χ0v) is 11.9. The number of hydrogen-bond donors (Lipinski definition) is 0. The summed E-state index contributed by atoms with van der Waals surface area (Å²) >= 11 is 6.05. The number of rotatable bonds is 4. The molecule has 2 aromatic carbocycles. The molecule has 3 heteroatoms. The Morgan fingerprint density at radius 1 is 1.00 bits per heavy atom. The lowest BCUT2D eigenvalue weighted by molar-refractivity contribution is 0.0963. The smallest absolute Gasteiger partial charge is 0.165 e. The molecule has 0 fully saturated rings. The lowest BCUT2D eigenvalue weighted by Gasteiger charge is -2.14. The average molecular weight is 286 g/mol. The van der Waals surface area contributed by atoms with Crippen LogP contribution in [0.1, 0.15) is 27.9 Å². The van der Waals surface area contributed by atoms with Gasteiger partial charge in [-0.25, -0.2) is 0 Å². The van der Waals surface area contributed by atoms with E-state index < -0.39 is 0 Å². The Bertz CT molecular complexity index is 613. The van der Waals surface area contributed by atoms with Crippen molar-refractivity contribution < 1.29 is 4.79 Å². The molecule has 1 heterocycles. The Balaban J connectivity index is 1.59. The fraction of sp³-hybridized carbons (Fsp3) is 0.235. The Morgan fingerprint density at radius 3 is 2.25 bits per heavy atom. The number of nitrogens with zero attached hydrogens (tertiary/aromatic N) is 1. The van der Waals surface area contributed by atoms with E-state index >= 15 is 0 Å². The lowest BCUT2D eigenvalue weighted by Crippen LogP contribution is -2.20. The zero-order chi connectivity index (χ0) is 13.9. The van der Waals surface area contributed by atoms with Crippen LogP contribution >= 0.6 is 11.6 Å². The van der Waals surface area contributed by atoms with Crippen molar-refractivity contribution in [1.29, 1.82) is 0 Å². The quantitative estimate of drug-likeness (QED) is 0.794.